The molecule has 0 radical (unpaired) electrons. The van der Waals surface area contributed by atoms with Gasteiger partial charge >= 0.3 is 0 Å². The minimum Gasteiger partial charge on any atom is -0.492 e. The molecule has 1 fully saturated rings. The maximum Gasteiger partial charge on any atom is 0.282 e. The first kappa shape index (κ1) is 18.8. The fourth-order valence-electron chi connectivity index (χ4n) is 3.49. The number of anilines is 1. The fraction of sp³-hybridized carbons (Fsp3) is 0.333. The van der Waals surface area contributed by atoms with Crippen LogP contribution in [0.15, 0.2) is 53.1 Å². The van der Waals surface area contributed by atoms with Crippen LogP contribution in [0, 0.1) is 0 Å². The number of rotatable bonds is 6. The second-order valence-corrected chi connectivity index (χ2v) is 7.27. The van der Waals surface area contributed by atoms with E-state index in [1.807, 2.05) is 43.3 Å². The van der Waals surface area contributed by atoms with E-state index in [1.54, 1.807) is 0 Å². The molecule has 1 saturated heterocycles. The Morgan fingerprint density at radius 2 is 1.86 bits per heavy atom. The number of nitrogens with one attached hydrogen (secondary N) is 1. The highest BCUT2D eigenvalue weighted by Gasteiger charge is 2.24. The lowest BCUT2D eigenvalue weighted by molar-refractivity contribution is -0.915. The van der Waals surface area contributed by atoms with Crippen molar-refractivity contribution in [1.29, 1.82) is 0 Å². The Labute approximate surface area is 169 Å². The highest BCUT2D eigenvalue weighted by atomic mass is 35.5. The van der Waals surface area contributed by atoms with E-state index in [4.69, 9.17) is 20.9 Å². The van der Waals surface area contributed by atoms with Crippen molar-refractivity contribution in [2.45, 2.75) is 13.5 Å². The molecule has 0 aliphatic carbocycles. The average Bonchev–Trinajstić information content (AvgIpc) is 3.18. The van der Waals surface area contributed by atoms with Gasteiger partial charge in [0.25, 0.3) is 5.89 Å². The molecule has 7 heteroatoms. The lowest BCUT2D eigenvalue weighted by atomic mass is 10.2. The van der Waals surface area contributed by atoms with Crippen molar-refractivity contribution < 1.29 is 14.2 Å². The van der Waals surface area contributed by atoms with E-state index >= 15 is 0 Å². The zero-order chi connectivity index (χ0) is 19.3. The first-order chi connectivity index (χ1) is 13.7. The van der Waals surface area contributed by atoms with Gasteiger partial charge in [-0.15, -0.1) is 0 Å². The number of hydrogen-bond donors (Lipinski definition) is 1. The Morgan fingerprint density at radius 1 is 1.11 bits per heavy atom. The molecule has 3 aromatic rings. The third-order valence-corrected chi connectivity index (χ3v) is 5.20. The minimum absolute atomic E-state index is 0.607. The lowest BCUT2D eigenvalue weighted by Crippen LogP contribution is -3.13. The molecule has 1 N–H and O–H groups in total. The number of nitrogens with zero attached hydrogens (tertiary/aromatic N) is 3. The van der Waals surface area contributed by atoms with Crippen molar-refractivity contribution in [3.8, 4) is 17.1 Å². The van der Waals surface area contributed by atoms with Crippen LogP contribution >= 0.6 is 11.6 Å². The zero-order valence-corrected chi connectivity index (χ0v) is 16.7. The van der Waals surface area contributed by atoms with Crippen molar-refractivity contribution >= 4 is 17.3 Å². The van der Waals surface area contributed by atoms with Crippen LogP contribution in [0.25, 0.3) is 11.4 Å². The summed E-state index contributed by atoms with van der Waals surface area (Å²) in [5.74, 6) is 2.23. The van der Waals surface area contributed by atoms with Crippen LogP contribution in [0.3, 0.4) is 0 Å². The molecular weight excluding hydrogens is 376 g/mol. The molecule has 146 valence electrons. The van der Waals surface area contributed by atoms with Gasteiger partial charge in [0.15, 0.2) is 6.54 Å². The van der Waals surface area contributed by atoms with Gasteiger partial charge in [0, 0.05) is 10.6 Å². The summed E-state index contributed by atoms with van der Waals surface area (Å²) < 4.78 is 11.2. The largest absolute Gasteiger partial charge is 0.492 e. The Kier molecular flexibility index (Phi) is 5.78. The van der Waals surface area contributed by atoms with Crippen LogP contribution in [-0.2, 0) is 6.54 Å². The number of benzene rings is 2. The van der Waals surface area contributed by atoms with Crippen LogP contribution in [-0.4, -0.2) is 42.9 Å². The Bertz CT molecular complexity index is 905. The van der Waals surface area contributed by atoms with Gasteiger partial charge in [-0.2, -0.15) is 4.98 Å². The summed E-state index contributed by atoms with van der Waals surface area (Å²) in [7, 11) is 0. The molecule has 2 heterocycles. The van der Waals surface area contributed by atoms with Crippen LogP contribution in [0.2, 0.25) is 5.02 Å². The van der Waals surface area contributed by atoms with Crippen molar-refractivity contribution in [3.63, 3.8) is 0 Å². The van der Waals surface area contributed by atoms with Gasteiger partial charge in [0.05, 0.1) is 38.5 Å². The fourth-order valence-corrected chi connectivity index (χ4v) is 3.62. The molecule has 0 atom stereocenters. The van der Waals surface area contributed by atoms with E-state index in [0.717, 1.165) is 44.0 Å². The predicted octanol–water partition coefficient (Wildman–Crippen LogP) is 2.69. The smallest absolute Gasteiger partial charge is 0.282 e. The van der Waals surface area contributed by atoms with Gasteiger partial charge < -0.3 is 19.1 Å². The zero-order valence-electron chi connectivity index (χ0n) is 15.9. The SMILES string of the molecule is CCOc1ccccc1N1CC[NH+](Cc2nc(-c3ccc(Cl)cc3)no2)CC1. The van der Waals surface area contributed by atoms with Gasteiger partial charge in [0.1, 0.15) is 5.75 Å². The molecule has 6 nitrogen and oxygen atoms in total. The monoisotopic (exact) mass is 399 g/mol. The molecule has 1 aromatic heterocycles. The van der Waals surface area contributed by atoms with Crippen LogP contribution in [0.5, 0.6) is 5.75 Å². The van der Waals surface area contributed by atoms with E-state index < -0.39 is 0 Å². The third kappa shape index (κ3) is 4.29. The third-order valence-electron chi connectivity index (χ3n) is 4.95. The van der Waals surface area contributed by atoms with Crippen LogP contribution in [0.4, 0.5) is 5.69 Å². The second kappa shape index (κ2) is 8.63. The molecule has 0 spiro atoms. The van der Waals surface area contributed by atoms with E-state index in [-0.39, 0.29) is 0 Å². The molecule has 4 rings (SSSR count). The highest BCUT2D eigenvalue weighted by molar-refractivity contribution is 6.30. The van der Waals surface area contributed by atoms with Crippen molar-refractivity contribution in [3.05, 3.63) is 59.4 Å². The second-order valence-electron chi connectivity index (χ2n) is 6.83. The summed E-state index contributed by atoms with van der Waals surface area (Å²) in [5, 5.41) is 4.80. The number of quaternary nitrogens is 1. The van der Waals surface area contributed by atoms with Gasteiger partial charge in [0.2, 0.25) is 5.82 Å². The van der Waals surface area contributed by atoms with E-state index in [1.165, 1.54) is 10.6 Å². The van der Waals surface area contributed by atoms with Crippen LogP contribution in [0.1, 0.15) is 12.8 Å². The number of aromatic nitrogens is 2. The molecular formula is C21H24ClN4O2+. The maximum atomic E-state index is 5.94. The first-order valence-corrected chi connectivity index (χ1v) is 9.99. The van der Waals surface area contributed by atoms with E-state index in [0.29, 0.717) is 23.3 Å². The van der Waals surface area contributed by atoms with Gasteiger partial charge in [-0.1, -0.05) is 28.9 Å². The van der Waals surface area contributed by atoms with Crippen LogP contribution < -0.4 is 14.5 Å². The molecule has 1 aliphatic rings. The summed E-state index contributed by atoms with van der Waals surface area (Å²) in [5.41, 5.74) is 2.08. The molecule has 1 aliphatic heterocycles. The number of hydrogen-bond acceptors (Lipinski definition) is 5. The quantitative estimate of drug-likeness (QED) is 0.690. The van der Waals surface area contributed by atoms with Gasteiger partial charge in [-0.05, 0) is 43.3 Å². The van der Waals surface area contributed by atoms with E-state index in [2.05, 4.69) is 27.2 Å². The van der Waals surface area contributed by atoms with Crippen molar-refractivity contribution in [1.82, 2.24) is 10.1 Å². The van der Waals surface area contributed by atoms with Gasteiger partial charge in [-0.25, -0.2) is 0 Å². The van der Waals surface area contributed by atoms with Crippen molar-refractivity contribution in [2.75, 3.05) is 37.7 Å². The maximum absolute atomic E-state index is 5.94. The highest BCUT2D eigenvalue weighted by Crippen LogP contribution is 2.27. The Morgan fingerprint density at radius 3 is 2.61 bits per heavy atom. The summed E-state index contributed by atoms with van der Waals surface area (Å²) >= 11 is 5.94. The summed E-state index contributed by atoms with van der Waals surface area (Å²) in [4.78, 5) is 8.38. The predicted molar refractivity (Wildman–Crippen MR) is 109 cm³/mol. The normalized spacial score (nSPS) is 15.0. The molecule has 0 bridgehead atoms. The summed E-state index contributed by atoms with van der Waals surface area (Å²) in [6, 6.07) is 15.7. The summed E-state index contributed by atoms with van der Waals surface area (Å²) in [6.07, 6.45) is 0. The standard InChI is InChI=1S/C21H23ClN4O2/c1-2-27-19-6-4-3-5-18(19)26-13-11-25(12-14-26)15-20-23-21(24-28-20)16-7-9-17(22)10-8-16/h3-10H,2,11-15H2,1H3/p+1. The molecule has 0 saturated carbocycles. The number of ether oxygens (including phenoxy) is 1. The Balaban J connectivity index is 1.36. The number of para-hydroxylation sites is 2. The van der Waals surface area contributed by atoms with Crippen molar-refractivity contribution in [2.24, 2.45) is 0 Å². The topological polar surface area (TPSA) is 55.8 Å². The number of halogens is 1. The van der Waals surface area contributed by atoms with Gasteiger partial charge in [-0.3, -0.25) is 0 Å². The molecule has 0 unspecified atom stereocenters. The molecule has 2 aromatic carbocycles. The minimum atomic E-state index is 0.607. The summed E-state index contributed by atoms with van der Waals surface area (Å²) in [6.45, 7) is 7.39. The van der Waals surface area contributed by atoms with E-state index in [9.17, 15) is 0 Å². The first-order valence-electron chi connectivity index (χ1n) is 9.62. The Hall–Kier alpha value is -2.57. The number of piperazine rings is 1. The average molecular weight is 400 g/mol. The lowest BCUT2D eigenvalue weighted by Gasteiger charge is -2.33. The molecule has 28 heavy (non-hydrogen) atoms. The molecule has 0 amide bonds.